The molecule has 0 radical (unpaired) electrons. The third-order valence-corrected chi connectivity index (χ3v) is 3.71. The molecule has 0 bridgehead atoms. The van der Waals surface area contributed by atoms with Crippen LogP contribution in [0.1, 0.15) is 26.2 Å². The Labute approximate surface area is 109 Å². The van der Waals surface area contributed by atoms with Gasteiger partial charge < -0.3 is 21.1 Å². The number of ketones is 1. The first-order chi connectivity index (χ1) is 8.50. The third-order valence-electron chi connectivity index (χ3n) is 3.71. The fourth-order valence-electron chi connectivity index (χ4n) is 2.75. The number of aliphatic hydroxyl groups is 1. The Morgan fingerprint density at radius 1 is 1.50 bits per heavy atom. The van der Waals surface area contributed by atoms with Gasteiger partial charge in [0.25, 0.3) is 0 Å². The van der Waals surface area contributed by atoms with Gasteiger partial charge in [-0.15, -0.1) is 0 Å². The molecule has 5 heteroatoms. The first kappa shape index (κ1) is 15.1. The molecule has 0 fully saturated rings. The molecule has 5 nitrogen and oxygen atoms in total. The number of Topliss-reactive ketones (excluding diaryl/α,β-unsaturated/α-hetero) is 1. The quantitative estimate of drug-likeness (QED) is 0.502. The first-order valence-electron chi connectivity index (χ1n) is 6.47. The van der Waals surface area contributed by atoms with Crippen LogP contribution in [0.15, 0.2) is 11.8 Å². The van der Waals surface area contributed by atoms with Crippen molar-refractivity contribution in [3.63, 3.8) is 0 Å². The second-order valence-corrected chi connectivity index (χ2v) is 4.87. The molecular formula is C13H25N3O2. The largest absolute Gasteiger partial charge is 0.393 e. The van der Waals surface area contributed by atoms with Crippen LogP contribution in [0.4, 0.5) is 0 Å². The van der Waals surface area contributed by atoms with Crippen LogP contribution >= 0.6 is 0 Å². The van der Waals surface area contributed by atoms with Gasteiger partial charge in [0.1, 0.15) is 5.78 Å². The molecule has 4 N–H and O–H groups in total. The maximum Gasteiger partial charge on any atom is 0.147 e. The van der Waals surface area contributed by atoms with Crippen LogP contribution in [-0.4, -0.2) is 43.8 Å². The summed E-state index contributed by atoms with van der Waals surface area (Å²) in [5.41, 5.74) is 0.495. The zero-order chi connectivity index (χ0) is 13.8. The Hall–Kier alpha value is -0.910. The van der Waals surface area contributed by atoms with E-state index in [0.29, 0.717) is 0 Å². The molecule has 0 saturated carbocycles. The average molecular weight is 255 g/mol. The highest BCUT2D eigenvalue weighted by atomic mass is 16.3. The zero-order valence-corrected chi connectivity index (χ0v) is 11.7. The Bertz CT molecular complexity index is 322. The van der Waals surface area contributed by atoms with Gasteiger partial charge in [0, 0.05) is 19.2 Å². The van der Waals surface area contributed by atoms with Gasteiger partial charge >= 0.3 is 0 Å². The van der Waals surface area contributed by atoms with Crippen LogP contribution in [0.2, 0.25) is 0 Å². The molecule has 1 aliphatic carbocycles. The van der Waals surface area contributed by atoms with E-state index in [1.54, 1.807) is 6.92 Å². The summed E-state index contributed by atoms with van der Waals surface area (Å²) in [4.78, 5) is 12.4. The van der Waals surface area contributed by atoms with Crippen LogP contribution in [0.3, 0.4) is 0 Å². The van der Waals surface area contributed by atoms with E-state index in [9.17, 15) is 9.90 Å². The smallest absolute Gasteiger partial charge is 0.147 e. The number of carbonyl (C=O) groups excluding carboxylic acids is 1. The second kappa shape index (κ2) is 6.31. The molecule has 1 rings (SSSR count). The number of hydrogen-bond acceptors (Lipinski definition) is 5. The van der Waals surface area contributed by atoms with Crippen molar-refractivity contribution in [2.24, 2.45) is 5.92 Å². The molecule has 2 atom stereocenters. The van der Waals surface area contributed by atoms with Crippen molar-refractivity contribution in [3.8, 4) is 0 Å². The predicted octanol–water partition coefficient (Wildman–Crippen LogP) is -0.0252. The molecule has 18 heavy (non-hydrogen) atoms. The SMILES string of the molecule is CNC1=CCCC(NC)(NC)C1C(=O)CC(C)O. The highest BCUT2D eigenvalue weighted by Gasteiger charge is 2.44. The summed E-state index contributed by atoms with van der Waals surface area (Å²) < 4.78 is 0. The topological polar surface area (TPSA) is 73.4 Å². The third kappa shape index (κ3) is 2.91. The van der Waals surface area contributed by atoms with E-state index < -0.39 is 11.8 Å². The maximum atomic E-state index is 12.4. The maximum absolute atomic E-state index is 12.4. The molecular weight excluding hydrogens is 230 g/mol. The fourth-order valence-corrected chi connectivity index (χ4v) is 2.75. The minimum Gasteiger partial charge on any atom is -0.393 e. The van der Waals surface area contributed by atoms with E-state index in [2.05, 4.69) is 22.0 Å². The minimum atomic E-state index is -0.607. The highest BCUT2D eigenvalue weighted by molar-refractivity contribution is 5.85. The Morgan fingerprint density at radius 3 is 2.56 bits per heavy atom. The molecule has 0 amide bonds. The minimum absolute atomic E-state index is 0.0500. The molecule has 0 aromatic rings. The van der Waals surface area contributed by atoms with Gasteiger partial charge in [0.05, 0.1) is 17.7 Å². The van der Waals surface area contributed by atoms with Gasteiger partial charge in [0.15, 0.2) is 0 Å². The van der Waals surface area contributed by atoms with Crippen LogP contribution in [0, 0.1) is 5.92 Å². The van der Waals surface area contributed by atoms with Gasteiger partial charge in [-0.25, -0.2) is 0 Å². The van der Waals surface area contributed by atoms with Crippen molar-refractivity contribution in [2.45, 2.75) is 38.0 Å². The number of allylic oxidation sites excluding steroid dienone is 1. The summed E-state index contributed by atoms with van der Waals surface area (Å²) >= 11 is 0. The van der Waals surface area contributed by atoms with Crippen molar-refractivity contribution in [1.29, 1.82) is 0 Å². The van der Waals surface area contributed by atoms with Crippen LogP contribution < -0.4 is 16.0 Å². The van der Waals surface area contributed by atoms with Gasteiger partial charge in [0.2, 0.25) is 0 Å². The fraction of sp³-hybridized carbons (Fsp3) is 0.769. The molecule has 104 valence electrons. The number of rotatable bonds is 6. The molecule has 1 aliphatic rings. The summed E-state index contributed by atoms with van der Waals surface area (Å²) in [5.74, 6) is -0.241. The summed E-state index contributed by atoms with van der Waals surface area (Å²) in [6.45, 7) is 1.64. The number of hydrogen-bond donors (Lipinski definition) is 4. The summed E-state index contributed by atoms with van der Waals surface area (Å²) in [5, 5.41) is 19.0. The van der Waals surface area contributed by atoms with Gasteiger partial charge in [-0.1, -0.05) is 6.08 Å². The Morgan fingerprint density at radius 2 is 2.11 bits per heavy atom. The monoisotopic (exact) mass is 255 g/mol. The van der Waals surface area contributed by atoms with Crippen LogP contribution in [-0.2, 0) is 4.79 Å². The summed E-state index contributed by atoms with van der Waals surface area (Å²) in [6, 6.07) is 0. The van der Waals surface area contributed by atoms with E-state index in [1.807, 2.05) is 21.1 Å². The van der Waals surface area contributed by atoms with E-state index in [1.165, 1.54) is 0 Å². The van der Waals surface area contributed by atoms with Crippen LogP contribution in [0.5, 0.6) is 0 Å². The normalized spacial score (nSPS) is 24.3. The Kier molecular flexibility index (Phi) is 5.31. The van der Waals surface area contributed by atoms with Crippen molar-refractivity contribution >= 4 is 5.78 Å². The Balaban J connectivity index is 3.06. The standard InChI is InChI=1S/C13H25N3O2/c1-9(17)8-11(18)12-10(14-2)6-5-7-13(12,15-3)16-4/h6,9,12,14-17H,5,7-8H2,1-4H3. The molecule has 0 heterocycles. The predicted molar refractivity (Wildman–Crippen MR) is 72.0 cm³/mol. The van der Waals surface area contributed by atoms with Crippen molar-refractivity contribution in [3.05, 3.63) is 11.8 Å². The summed E-state index contributed by atoms with van der Waals surface area (Å²) in [7, 11) is 5.55. The second-order valence-electron chi connectivity index (χ2n) is 4.87. The lowest BCUT2D eigenvalue weighted by Crippen LogP contribution is -2.63. The molecule has 0 spiro atoms. The van der Waals surface area contributed by atoms with E-state index in [0.717, 1.165) is 18.5 Å². The average Bonchev–Trinajstić information content (AvgIpc) is 2.36. The summed E-state index contributed by atoms with van der Waals surface area (Å²) in [6.07, 6.45) is 3.40. The molecule has 0 aromatic carbocycles. The van der Waals surface area contributed by atoms with E-state index in [-0.39, 0.29) is 18.1 Å². The van der Waals surface area contributed by atoms with Gasteiger partial charge in [-0.2, -0.15) is 0 Å². The first-order valence-corrected chi connectivity index (χ1v) is 6.47. The molecule has 0 aliphatic heterocycles. The number of aliphatic hydroxyl groups excluding tert-OH is 1. The molecule has 0 saturated heterocycles. The zero-order valence-electron chi connectivity index (χ0n) is 11.7. The lowest BCUT2D eigenvalue weighted by molar-refractivity contribution is -0.126. The lowest BCUT2D eigenvalue weighted by Gasteiger charge is -2.43. The van der Waals surface area contributed by atoms with Crippen molar-refractivity contribution in [2.75, 3.05) is 21.1 Å². The van der Waals surface area contributed by atoms with E-state index >= 15 is 0 Å². The number of nitrogens with one attached hydrogen (secondary N) is 3. The highest BCUT2D eigenvalue weighted by Crippen LogP contribution is 2.32. The number of carbonyl (C=O) groups is 1. The van der Waals surface area contributed by atoms with Crippen molar-refractivity contribution in [1.82, 2.24) is 16.0 Å². The van der Waals surface area contributed by atoms with E-state index in [4.69, 9.17) is 0 Å². The lowest BCUT2D eigenvalue weighted by atomic mass is 9.77. The van der Waals surface area contributed by atoms with Gasteiger partial charge in [-0.05, 0) is 33.9 Å². The molecule has 0 aromatic heterocycles. The van der Waals surface area contributed by atoms with Gasteiger partial charge in [-0.3, -0.25) is 4.79 Å². The van der Waals surface area contributed by atoms with Crippen LogP contribution in [0.25, 0.3) is 0 Å². The van der Waals surface area contributed by atoms with Crippen molar-refractivity contribution < 1.29 is 9.90 Å². The molecule has 2 unspecified atom stereocenters.